The van der Waals surface area contributed by atoms with Crippen LogP contribution in [0.15, 0.2) is 146 Å². The summed E-state index contributed by atoms with van der Waals surface area (Å²) in [5, 5.41) is 3.61. The van der Waals surface area contributed by atoms with Gasteiger partial charge >= 0.3 is 0 Å². The Morgan fingerprint density at radius 3 is 1.82 bits per heavy atom. The second kappa shape index (κ2) is 9.33. The number of aromatic nitrogens is 2. The van der Waals surface area contributed by atoms with Crippen LogP contribution in [0, 0.1) is 0 Å². The second-order valence-corrected chi connectivity index (χ2v) is 11.1. The number of rotatable bonds is 4. The van der Waals surface area contributed by atoms with Crippen molar-refractivity contribution in [3.05, 3.63) is 146 Å². The van der Waals surface area contributed by atoms with Gasteiger partial charge in [0, 0.05) is 22.0 Å². The number of fused-ring (bicyclic) bond motifs is 4. The van der Waals surface area contributed by atoms with Gasteiger partial charge < -0.3 is 4.57 Å². The molecular weight excluding hydrogens is 504 g/mol. The molecule has 2 heterocycles. The Kier molecular flexibility index (Phi) is 5.35. The first kappa shape index (κ1) is 22.9. The van der Waals surface area contributed by atoms with Crippen molar-refractivity contribution in [3.63, 3.8) is 0 Å². The molecule has 2 aromatic heterocycles. The molecule has 0 aliphatic rings. The lowest BCUT2D eigenvalue weighted by Crippen LogP contribution is -1.93. The van der Waals surface area contributed by atoms with E-state index in [4.69, 9.17) is 4.98 Å². The zero-order chi connectivity index (χ0) is 26.5. The highest BCUT2D eigenvalue weighted by molar-refractivity contribution is 7.21. The molecule has 0 bridgehead atoms. The Morgan fingerprint density at radius 1 is 0.450 bits per heavy atom. The molecule has 8 aromatic rings. The van der Waals surface area contributed by atoms with Crippen LogP contribution in [0.3, 0.4) is 0 Å². The Balaban J connectivity index is 1.18. The minimum absolute atomic E-state index is 1.05. The van der Waals surface area contributed by atoms with Crippen LogP contribution in [-0.4, -0.2) is 9.55 Å². The van der Waals surface area contributed by atoms with Crippen LogP contribution in [0.1, 0.15) is 0 Å². The van der Waals surface area contributed by atoms with Gasteiger partial charge in [0.15, 0.2) is 0 Å². The summed E-state index contributed by atoms with van der Waals surface area (Å²) < 4.78 is 3.58. The molecule has 0 amide bonds. The molecule has 0 saturated carbocycles. The van der Waals surface area contributed by atoms with Crippen molar-refractivity contribution in [3.8, 4) is 38.5 Å². The van der Waals surface area contributed by atoms with E-state index in [1.165, 1.54) is 54.4 Å². The average Bonchev–Trinajstić information content (AvgIpc) is 3.61. The predicted molar refractivity (Wildman–Crippen MR) is 170 cm³/mol. The number of thiazole rings is 1. The highest BCUT2D eigenvalue weighted by atomic mass is 32.1. The van der Waals surface area contributed by atoms with E-state index >= 15 is 0 Å². The normalized spacial score (nSPS) is 11.5. The summed E-state index contributed by atoms with van der Waals surface area (Å²) in [6.07, 6.45) is 0. The fraction of sp³-hybridized carbons (Fsp3) is 0. The third-order valence-corrected chi connectivity index (χ3v) is 8.73. The summed E-state index contributed by atoms with van der Waals surface area (Å²) >= 11 is 1.74. The van der Waals surface area contributed by atoms with E-state index in [0.29, 0.717) is 0 Å². The van der Waals surface area contributed by atoms with Crippen LogP contribution in [0.25, 0.3) is 70.5 Å². The van der Waals surface area contributed by atoms with Crippen LogP contribution in [0.5, 0.6) is 0 Å². The van der Waals surface area contributed by atoms with Crippen LogP contribution < -0.4 is 0 Å². The van der Waals surface area contributed by atoms with Gasteiger partial charge in [-0.25, -0.2) is 4.98 Å². The van der Waals surface area contributed by atoms with E-state index in [1.54, 1.807) is 11.3 Å². The van der Waals surface area contributed by atoms with Crippen molar-refractivity contribution < 1.29 is 0 Å². The summed E-state index contributed by atoms with van der Waals surface area (Å²) in [5.74, 6) is 0. The topological polar surface area (TPSA) is 17.8 Å². The van der Waals surface area contributed by atoms with Gasteiger partial charge in [0.2, 0.25) is 0 Å². The second-order valence-electron chi connectivity index (χ2n) is 10.1. The molecule has 0 fully saturated rings. The maximum absolute atomic E-state index is 4.93. The summed E-state index contributed by atoms with van der Waals surface area (Å²) in [5.41, 5.74) is 10.6. The molecule has 0 spiro atoms. The Morgan fingerprint density at radius 2 is 1.05 bits per heavy atom. The van der Waals surface area contributed by atoms with Crippen molar-refractivity contribution in [2.24, 2.45) is 0 Å². The van der Waals surface area contributed by atoms with Crippen molar-refractivity contribution in [1.82, 2.24) is 9.55 Å². The molecule has 0 saturated heterocycles. The first-order chi connectivity index (χ1) is 19.8. The molecule has 3 heteroatoms. The molecule has 0 aliphatic carbocycles. The number of para-hydroxylation sites is 2. The van der Waals surface area contributed by atoms with E-state index in [9.17, 15) is 0 Å². The van der Waals surface area contributed by atoms with Gasteiger partial charge in [0.1, 0.15) is 5.01 Å². The maximum Gasteiger partial charge on any atom is 0.124 e. The van der Waals surface area contributed by atoms with Gasteiger partial charge in [-0.05, 0) is 58.7 Å². The zero-order valence-electron chi connectivity index (χ0n) is 21.7. The molecule has 6 aromatic carbocycles. The van der Waals surface area contributed by atoms with Crippen molar-refractivity contribution in [1.29, 1.82) is 0 Å². The van der Waals surface area contributed by atoms with Gasteiger partial charge in [0.25, 0.3) is 0 Å². The third kappa shape index (κ3) is 3.83. The minimum Gasteiger partial charge on any atom is -0.309 e. The van der Waals surface area contributed by atoms with Crippen LogP contribution >= 0.6 is 11.3 Å². The SMILES string of the molecule is c1ccc(-c2nc3cc(-c4ccc(-c5ccc6c7ccccc7n(-c7ccccc7)c6c5)cc4)ccc3s2)cc1. The monoisotopic (exact) mass is 528 g/mol. The molecule has 0 unspecified atom stereocenters. The Hall–Kier alpha value is -4.99. The number of benzene rings is 6. The van der Waals surface area contributed by atoms with Gasteiger partial charge in [-0.3, -0.25) is 0 Å². The first-order valence-electron chi connectivity index (χ1n) is 13.5. The van der Waals surface area contributed by atoms with Gasteiger partial charge in [-0.2, -0.15) is 0 Å². The van der Waals surface area contributed by atoms with Crippen LogP contribution in [0.4, 0.5) is 0 Å². The smallest absolute Gasteiger partial charge is 0.124 e. The highest BCUT2D eigenvalue weighted by Crippen LogP contribution is 2.36. The number of hydrogen-bond acceptors (Lipinski definition) is 2. The van der Waals surface area contributed by atoms with Crippen LogP contribution in [0.2, 0.25) is 0 Å². The minimum atomic E-state index is 1.05. The van der Waals surface area contributed by atoms with Gasteiger partial charge in [-0.15, -0.1) is 11.3 Å². The molecule has 188 valence electrons. The lowest BCUT2D eigenvalue weighted by molar-refractivity contribution is 1.18. The van der Waals surface area contributed by atoms with E-state index in [1.807, 2.05) is 6.07 Å². The van der Waals surface area contributed by atoms with Gasteiger partial charge in [0.05, 0.1) is 21.3 Å². The molecule has 0 N–H and O–H groups in total. The van der Waals surface area contributed by atoms with E-state index in [-0.39, 0.29) is 0 Å². The Labute approximate surface area is 236 Å². The van der Waals surface area contributed by atoms with Crippen molar-refractivity contribution in [2.45, 2.75) is 0 Å². The third-order valence-electron chi connectivity index (χ3n) is 7.65. The van der Waals surface area contributed by atoms with E-state index in [2.05, 4.69) is 144 Å². The maximum atomic E-state index is 4.93. The largest absolute Gasteiger partial charge is 0.309 e. The molecular formula is C37H24N2S. The quantitative estimate of drug-likeness (QED) is 0.222. The molecule has 0 aliphatic heterocycles. The van der Waals surface area contributed by atoms with Crippen LogP contribution in [-0.2, 0) is 0 Å². The number of nitrogens with zero attached hydrogens (tertiary/aromatic N) is 2. The summed E-state index contributed by atoms with van der Waals surface area (Å²) in [4.78, 5) is 4.93. The lowest BCUT2D eigenvalue weighted by Gasteiger charge is -2.09. The lowest BCUT2D eigenvalue weighted by atomic mass is 9.99. The molecule has 2 nitrogen and oxygen atoms in total. The van der Waals surface area contributed by atoms with E-state index < -0.39 is 0 Å². The molecule has 40 heavy (non-hydrogen) atoms. The van der Waals surface area contributed by atoms with Crippen molar-refractivity contribution in [2.75, 3.05) is 0 Å². The molecule has 8 rings (SSSR count). The highest BCUT2D eigenvalue weighted by Gasteiger charge is 2.13. The summed E-state index contributed by atoms with van der Waals surface area (Å²) in [7, 11) is 0. The first-order valence-corrected chi connectivity index (χ1v) is 14.3. The molecule has 0 radical (unpaired) electrons. The fourth-order valence-corrected chi connectivity index (χ4v) is 6.62. The Bertz CT molecular complexity index is 2140. The summed E-state index contributed by atoms with van der Waals surface area (Å²) in [6, 6.07) is 52.0. The number of hydrogen-bond donors (Lipinski definition) is 0. The van der Waals surface area contributed by atoms with Gasteiger partial charge in [-0.1, -0.05) is 109 Å². The predicted octanol–water partition coefficient (Wildman–Crippen LogP) is 10.4. The van der Waals surface area contributed by atoms with E-state index in [0.717, 1.165) is 16.1 Å². The molecule has 0 atom stereocenters. The average molecular weight is 529 g/mol. The van der Waals surface area contributed by atoms with Crippen molar-refractivity contribution >= 4 is 43.4 Å². The zero-order valence-corrected chi connectivity index (χ0v) is 22.5. The standard InChI is InChI=1S/C37H24N2S/c1-3-9-27(10-4-1)37-38-33-23-28(20-22-36(33)40-37)25-15-17-26(18-16-25)29-19-21-32-31-13-7-8-14-34(31)39(35(32)24-29)30-11-5-2-6-12-30/h1-24H. The fourth-order valence-electron chi connectivity index (χ4n) is 5.67. The summed E-state index contributed by atoms with van der Waals surface area (Å²) in [6.45, 7) is 0.